The summed E-state index contributed by atoms with van der Waals surface area (Å²) in [4.78, 5) is 4.72. The number of thioether (sulfide) groups is 1. The van der Waals surface area contributed by atoms with Crippen LogP contribution in [-0.4, -0.2) is 28.7 Å². The molecular formula is C20H21N3S. The quantitative estimate of drug-likeness (QED) is 0.844. The van der Waals surface area contributed by atoms with Gasteiger partial charge in [-0.2, -0.15) is 5.10 Å². The van der Waals surface area contributed by atoms with Gasteiger partial charge in [0.25, 0.3) is 0 Å². The van der Waals surface area contributed by atoms with Gasteiger partial charge in [0.1, 0.15) is 0 Å². The van der Waals surface area contributed by atoms with Crippen molar-refractivity contribution >= 4 is 22.6 Å². The third-order valence-corrected chi connectivity index (χ3v) is 5.63. The van der Waals surface area contributed by atoms with Gasteiger partial charge >= 0.3 is 0 Å². The van der Waals surface area contributed by atoms with Crippen LogP contribution in [0.25, 0.3) is 0 Å². The molecule has 122 valence electrons. The highest BCUT2D eigenvalue weighted by Crippen LogP contribution is 2.25. The molecule has 24 heavy (non-hydrogen) atoms. The van der Waals surface area contributed by atoms with Gasteiger partial charge < -0.3 is 0 Å². The Hall–Kier alpha value is -2.07. The number of aliphatic imine (C=N–C) groups is 1. The number of aryl methyl sites for hydroxylation is 2. The van der Waals surface area contributed by atoms with Gasteiger partial charge in [-0.1, -0.05) is 54.2 Å². The molecule has 4 rings (SSSR count). The number of hydrogen-bond donors (Lipinski definition) is 0. The summed E-state index contributed by atoms with van der Waals surface area (Å²) in [7, 11) is 1.99. The summed E-state index contributed by atoms with van der Waals surface area (Å²) in [5, 5.41) is 7.68. The van der Waals surface area contributed by atoms with Gasteiger partial charge in [0.05, 0.1) is 12.3 Å². The molecule has 0 N–H and O–H groups in total. The molecule has 0 amide bonds. The van der Waals surface area contributed by atoms with E-state index < -0.39 is 0 Å². The normalized spacial score (nSPS) is 18.6. The van der Waals surface area contributed by atoms with Crippen LogP contribution in [0.5, 0.6) is 0 Å². The first-order valence-electron chi connectivity index (χ1n) is 8.44. The second-order valence-electron chi connectivity index (χ2n) is 6.28. The number of amidine groups is 1. The summed E-state index contributed by atoms with van der Waals surface area (Å²) < 4.78 is 0. The molecule has 0 radical (unpaired) electrons. The number of hydrazone groups is 1. The maximum absolute atomic E-state index is 4.77. The van der Waals surface area contributed by atoms with Crippen molar-refractivity contribution in [2.45, 2.75) is 25.8 Å². The molecule has 0 atom stereocenters. The number of hydrogen-bond acceptors (Lipinski definition) is 3. The fourth-order valence-electron chi connectivity index (χ4n) is 3.26. The second kappa shape index (κ2) is 6.81. The van der Waals surface area contributed by atoms with Gasteiger partial charge in [0.2, 0.25) is 0 Å². The predicted octanol–water partition coefficient (Wildman–Crippen LogP) is 4.11. The number of rotatable bonds is 3. The lowest BCUT2D eigenvalue weighted by Gasteiger charge is -2.23. The predicted molar refractivity (Wildman–Crippen MR) is 103 cm³/mol. The Labute approximate surface area is 147 Å². The molecule has 3 nitrogen and oxygen atoms in total. The van der Waals surface area contributed by atoms with Crippen LogP contribution in [0.15, 0.2) is 58.6 Å². The fraction of sp³-hybridized carbons (Fsp3) is 0.300. The van der Waals surface area contributed by atoms with Crippen LogP contribution in [0.4, 0.5) is 0 Å². The van der Waals surface area contributed by atoms with E-state index in [1.54, 1.807) is 11.8 Å². The molecule has 1 aliphatic heterocycles. The minimum absolute atomic E-state index is 0.706. The SMILES string of the molecule is CN1N=C(c2ccc3c(c2)CCC3)CSC1=NCc1ccccc1. The van der Waals surface area contributed by atoms with Crippen molar-refractivity contribution in [2.24, 2.45) is 10.1 Å². The molecule has 2 aliphatic rings. The fourth-order valence-corrected chi connectivity index (χ4v) is 4.14. The standard InChI is InChI=1S/C20H21N3S/c1-23-20(21-13-15-6-3-2-4-7-15)24-14-19(22-23)18-11-10-16-8-5-9-17(16)12-18/h2-4,6-7,10-12H,5,8-9,13-14H2,1H3. The lowest BCUT2D eigenvalue weighted by Crippen LogP contribution is -2.28. The average molecular weight is 335 g/mol. The van der Waals surface area contributed by atoms with Crippen molar-refractivity contribution in [1.82, 2.24) is 5.01 Å². The summed E-state index contributed by atoms with van der Waals surface area (Å²) >= 11 is 1.77. The zero-order valence-electron chi connectivity index (χ0n) is 13.9. The van der Waals surface area contributed by atoms with Crippen LogP contribution in [0.3, 0.4) is 0 Å². The monoisotopic (exact) mass is 335 g/mol. The second-order valence-corrected chi connectivity index (χ2v) is 7.22. The van der Waals surface area contributed by atoms with E-state index in [2.05, 4.69) is 42.5 Å². The van der Waals surface area contributed by atoms with Gasteiger partial charge in [0, 0.05) is 12.8 Å². The maximum atomic E-state index is 4.77. The lowest BCUT2D eigenvalue weighted by molar-refractivity contribution is 0.550. The molecule has 4 heteroatoms. The third kappa shape index (κ3) is 3.24. The highest BCUT2D eigenvalue weighted by atomic mass is 32.2. The molecule has 1 heterocycles. The van der Waals surface area contributed by atoms with E-state index >= 15 is 0 Å². The first-order chi connectivity index (χ1) is 11.8. The van der Waals surface area contributed by atoms with Crippen molar-refractivity contribution in [3.63, 3.8) is 0 Å². The minimum Gasteiger partial charge on any atom is -0.256 e. The molecule has 0 saturated carbocycles. The van der Waals surface area contributed by atoms with E-state index in [-0.39, 0.29) is 0 Å². The van der Waals surface area contributed by atoms with Gasteiger partial charge in [-0.25, -0.2) is 5.01 Å². The molecule has 0 saturated heterocycles. The van der Waals surface area contributed by atoms with Gasteiger partial charge in [0.15, 0.2) is 5.17 Å². The van der Waals surface area contributed by atoms with E-state index in [4.69, 9.17) is 10.1 Å². The summed E-state index contributed by atoms with van der Waals surface area (Å²) in [6.07, 6.45) is 3.73. The molecule has 0 spiro atoms. The topological polar surface area (TPSA) is 28.0 Å². The first-order valence-corrected chi connectivity index (χ1v) is 9.43. The molecular weight excluding hydrogens is 314 g/mol. The molecule has 0 fully saturated rings. The summed E-state index contributed by atoms with van der Waals surface area (Å²) in [6.45, 7) is 0.706. The Morgan fingerprint density at radius 1 is 1.08 bits per heavy atom. The number of nitrogens with zero attached hydrogens (tertiary/aromatic N) is 3. The Morgan fingerprint density at radius 2 is 1.92 bits per heavy atom. The third-order valence-electron chi connectivity index (χ3n) is 4.56. The van der Waals surface area contributed by atoms with E-state index in [9.17, 15) is 0 Å². The van der Waals surface area contributed by atoms with Crippen LogP contribution >= 0.6 is 11.8 Å². The molecule has 0 bridgehead atoms. The van der Waals surface area contributed by atoms with Crippen LogP contribution in [0.1, 0.15) is 28.7 Å². The zero-order chi connectivity index (χ0) is 16.4. The average Bonchev–Trinajstić information content (AvgIpc) is 3.09. The molecule has 0 aromatic heterocycles. The number of fused-ring (bicyclic) bond motifs is 1. The summed E-state index contributed by atoms with van der Waals surface area (Å²) in [6, 6.07) is 17.2. The van der Waals surface area contributed by atoms with Crippen molar-refractivity contribution in [3.8, 4) is 0 Å². The Bertz CT molecular complexity index is 796. The number of benzene rings is 2. The lowest BCUT2D eigenvalue weighted by atomic mass is 10.0. The summed E-state index contributed by atoms with van der Waals surface area (Å²) in [5.74, 6) is 0.886. The van der Waals surface area contributed by atoms with Crippen molar-refractivity contribution in [3.05, 3.63) is 70.8 Å². The Balaban J connectivity index is 1.50. The van der Waals surface area contributed by atoms with Crippen molar-refractivity contribution in [1.29, 1.82) is 0 Å². The molecule has 2 aromatic carbocycles. The Morgan fingerprint density at radius 3 is 2.75 bits per heavy atom. The molecule has 2 aromatic rings. The van der Waals surface area contributed by atoms with E-state index in [0.29, 0.717) is 6.54 Å². The van der Waals surface area contributed by atoms with Crippen LogP contribution in [-0.2, 0) is 19.4 Å². The van der Waals surface area contributed by atoms with Crippen LogP contribution in [0, 0.1) is 0 Å². The highest BCUT2D eigenvalue weighted by molar-refractivity contribution is 8.14. The minimum atomic E-state index is 0.706. The molecule has 1 aliphatic carbocycles. The van der Waals surface area contributed by atoms with E-state index in [0.717, 1.165) is 16.6 Å². The van der Waals surface area contributed by atoms with Crippen molar-refractivity contribution < 1.29 is 0 Å². The first kappa shape index (κ1) is 15.5. The van der Waals surface area contributed by atoms with Gasteiger partial charge in [-0.05, 0) is 47.6 Å². The zero-order valence-corrected chi connectivity index (χ0v) is 14.7. The largest absolute Gasteiger partial charge is 0.256 e. The van der Waals surface area contributed by atoms with Crippen LogP contribution in [0.2, 0.25) is 0 Å². The maximum Gasteiger partial charge on any atom is 0.180 e. The Kier molecular flexibility index (Phi) is 4.39. The van der Waals surface area contributed by atoms with Gasteiger partial charge in [-0.3, -0.25) is 4.99 Å². The van der Waals surface area contributed by atoms with E-state index in [1.807, 2.05) is 18.1 Å². The summed E-state index contributed by atoms with van der Waals surface area (Å²) in [5.41, 5.74) is 6.66. The smallest absolute Gasteiger partial charge is 0.180 e. The van der Waals surface area contributed by atoms with E-state index in [1.165, 1.54) is 41.5 Å². The highest BCUT2D eigenvalue weighted by Gasteiger charge is 2.19. The van der Waals surface area contributed by atoms with Crippen molar-refractivity contribution in [2.75, 3.05) is 12.8 Å². The van der Waals surface area contributed by atoms with Gasteiger partial charge in [-0.15, -0.1) is 0 Å². The molecule has 0 unspecified atom stereocenters. The van der Waals surface area contributed by atoms with Crippen LogP contribution < -0.4 is 0 Å².